The Balaban J connectivity index is 1.06. The molecule has 0 fully saturated rings. The number of aromatic nitrogens is 2. The van der Waals surface area contributed by atoms with Crippen molar-refractivity contribution in [3.8, 4) is 11.4 Å². The van der Waals surface area contributed by atoms with Crippen LogP contribution >= 0.6 is 0 Å². The monoisotopic (exact) mass is 870 g/mol. The van der Waals surface area contributed by atoms with Crippen LogP contribution in [0.5, 0.6) is 0 Å². The maximum absolute atomic E-state index is 6.69. The summed E-state index contributed by atoms with van der Waals surface area (Å²) in [5.74, 6) is 0.700. The minimum Gasteiger partial charge on any atom is -0.456 e. The normalized spacial score (nSPS) is 16.9. The van der Waals surface area contributed by atoms with Gasteiger partial charge in [-0.25, -0.2) is 9.98 Å². The van der Waals surface area contributed by atoms with Gasteiger partial charge in [-0.05, 0) is 94.7 Å². The Hall–Kier alpha value is -8.80. The third-order valence-corrected chi connectivity index (χ3v) is 14.1. The highest BCUT2D eigenvalue weighted by Crippen LogP contribution is 2.44. The first-order valence-electron chi connectivity index (χ1n) is 23.5. The fourth-order valence-electron chi connectivity index (χ4n) is 11.0. The average Bonchev–Trinajstić information content (AvgIpc) is 4.05. The number of furan rings is 1. The highest BCUT2D eigenvalue weighted by molar-refractivity contribution is 6.25. The molecule has 1 atom stereocenters. The molecule has 0 saturated carbocycles. The lowest BCUT2D eigenvalue weighted by Gasteiger charge is -2.21. The zero-order valence-electron chi connectivity index (χ0n) is 37.3. The van der Waals surface area contributed by atoms with Crippen molar-refractivity contribution in [2.24, 2.45) is 15.9 Å². The Morgan fingerprint density at radius 3 is 1.93 bits per heavy atom. The van der Waals surface area contributed by atoms with Gasteiger partial charge in [-0.15, -0.1) is 0 Å². The van der Waals surface area contributed by atoms with Crippen molar-refractivity contribution in [3.05, 3.63) is 235 Å². The van der Waals surface area contributed by atoms with Crippen LogP contribution in [0.15, 0.2) is 233 Å². The van der Waals surface area contributed by atoms with Gasteiger partial charge in [-0.2, -0.15) is 0 Å². The van der Waals surface area contributed by atoms with Crippen LogP contribution in [0.3, 0.4) is 0 Å². The molecule has 0 N–H and O–H groups in total. The average molecular weight is 871 g/mol. The van der Waals surface area contributed by atoms with Crippen LogP contribution in [0.2, 0.25) is 0 Å². The summed E-state index contributed by atoms with van der Waals surface area (Å²) < 4.78 is 11.5. The van der Waals surface area contributed by atoms with E-state index in [4.69, 9.17) is 14.4 Å². The molecule has 0 radical (unpaired) electrons. The summed E-state index contributed by atoms with van der Waals surface area (Å²) in [6.07, 6.45) is 3.07. The van der Waals surface area contributed by atoms with Crippen molar-refractivity contribution in [1.82, 2.24) is 9.13 Å². The van der Waals surface area contributed by atoms with Gasteiger partial charge in [0.25, 0.3) is 0 Å². The van der Waals surface area contributed by atoms with E-state index >= 15 is 0 Å². The Morgan fingerprint density at radius 1 is 0.441 bits per heavy atom. The first-order valence-corrected chi connectivity index (χ1v) is 23.5. The number of aliphatic imine (C=N–C) groups is 2. The minimum atomic E-state index is 0.0296. The van der Waals surface area contributed by atoms with E-state index in [9.17, 15) is 0 Å². The first kappa shape index (κ1) is 38.5. The molecule has 0 bridgehead atoms. The smallest absolute Gasteiger partial charge is 0.160 e. The molecule has 0 spiro atoms. The SMILES string of the molecule is CC1C/C=C(c2ccc3oc4ccccc4c3c2-n2c3ccccc3c3cc4ccccc4cc32)/N=C(c2ccc3ccccc3c2)\N=C/1c1cccc2c1c1ccccc1n2-c1ccccc1. The first-order chi connectivity index (χ1) is 33.6. The summed E-state index contributed by atoms with van der Waals surface area (Å²) in [7, 11) is 0. The third-order valence-electron chi connectivity index (χ3n) is 14.1. The molecule has 320 valence electrons. The zero-order chi connectivity index (χ0) is 44.9. The fourth-order valence-corrected chi connectivity index (χ4v) is 11.0. The van der Waals surface area contributed by atoms with Crippen molar-refractivity contribution < 1.29 is 4.42 Å². The minimum absolute atomic E-state index is 0.0296. The van der Waals surface area contributed by atoms with E-state index in [2.05, 4.69) is 228 Å². The number of fused-ring (bicyclic) bond motifs is 11. The van der Waals surface area contributed by atoms with Gasteiger partial charge in [0.15, 0.2) is 5.84 Å². The highest BCUT2D eigenvalue weighted by atomic mass is 16.3. The maximum Gasteiger partial charge on any atom is 0.160 e. The van der Waals surface area contributed by atoms with E-state index in [0.717, 1.165) is 89.8 Å². The molecular formula is C63H42N4O. The van der Waals surface area contributed by atoms with E-state index in [1.54, 1.807) is 0 Å². The largest absolute Gasteiger partial charge is 0.456 e. The Bertz CT molecular complexity index is 4310. The third kappa shape index (κ3) is 5.89. The quantitative estimate of drug-likeness (QED) is 0.170. The van der Waals surface area contributed by atoms with Gasteiger partial charge < -0.3 is 13.6 Å². The second-order valence-electron chi connectivity index (χ2n) is 18.1. The lowest BCUT2D eigenvalue weighted by molar-refractivity contribution is 0.669. The Kier molecular flexibility index (Phi) is 8.56. The number of hydrogen-bond acceptors (Lipinski definition) is 3. The molecule has 3 aromatic heterocycles. The molecule has 5 heteroatoms. The van der Waals surface area contributed by atoms with Crippen LogP contribution in [0.1, 0.15) is 30.0 Å². The van der Waals surface area contributed by atoms with Crippen molar-refractivity contribution in [3.63, 3.8) is 0 Å². The standard InChI is InChI=1S/C63H42N4O/c1-39-30-34-52(47-33-35-58-60(49-24-11-14-29-57(49)68-58)62(47)67-53-26-12-9-22-46(53)51-37-42-18-7-8-19-43(42)38-56(51)67)64-63(44-32-31-40-16-5-6-17-41(40)36-44)65-61(39)50-25-15-28-55-59(50)48-23-10-13-27-54(48)66(55)45-20-3-2-4-21-45/h2-29,31-39H,30H2,1H3/b52-34+,64-63-,65-61+. The topological polar surface area (TPSA) is 47.7 Å². The summed E-state index contributed by atoms with van der Waals surface area (Å²) in [5, 5.41) is 11.6. The Labute approximate surface area is 391 Å². The molecule has 68 heavy (non-hydrogen) atoms. The predicted octanol–water partition coefficient (Wildman–Crippen LogP) is 16.4. The number of benzene rings is 10. The summed E-state index contributed by atoms with van der Waals surface area (Å²) in [6.45, 7) is 2.32. The molecule has 13 aromatic rings. The second kappa shape index (κ2) is 15.1. The highest BCUT2D eigenvalue weighted by Gasteiger charge is 2.27. The van der Waals surface area contributed by atoms with Crippen LogP contribution in [-0.2, 0) is 0 Å². The van der Waals surface area contributed by atoms with E-state index in [1.165, 1.54) is 43.2 Å². The molecule has 0 amide bonds. The van der Waals surface area contributed by atoms with Crippen LogP contribution in [0, 0.1) is 5.92 Å². The second-order valence-corrected chi connectivity index (χ2v) is 18.1. The van der Waals surface area contributed by atoms with Crippen molar-refractivity contribution in [1.29, 1.82) is 0 Å². The Morgan fingerprint density at radius 2 is 1.10 bits per heavy atom. The van der Waals surface area contributed by atoms with Crippen LogP contribution < -0.4 is 0 Å². The molecular weight excluding hydrogens is 829 g/mol. The lowest BCUT2D eigenvalue weighted by atomic mass is 9.90. The van der Waals surface area contributed by atoms with Crippen LogP contribution in [-0.4, -0.2) is 20.7 Å². The summed E-state index contributed by atoms with van der Waals surface area (Å²) in [6, 6.07) is 76.1. The predicted molar refractivity (Wildman–Crippen MR) is 285 cm³/mol. The molecule has 1 aliphatic rings. The number of hydrogen-bond donors (Lipinski definition) is 0. The number of allylic oxidation sites excluding steroid dienone is 1. The fraction of sp³-hybridized carbons (Fsp3) is 0.0476. The molecule has 0 saturated heterocycles. The molecule has 1 aliphatic heterocycles. The maximum atomic E-state index is 6.69. The summed E-state index contributed by atoms with van der Waals surface area (Å²) in [5.41, 5.74) is 13.4. The lowest BCUT2D eigenvalue weighted by Crippen LogP contribution is -2.17. The van der Waals surface area contributed by atoms with Gasteiger partial charge >= 0.3 is 0 Å². The number of rotatable bonds is 5. The molecule has 14 rings (SSSR count). The van der Waals surface area contributed by atoms with Gasteiger partial charge in [-0.3, -0.25) is 0 Å². The molecule has 4 heterocycles. The molecule has 1 unspecified atom stereocenters. The number of para-hydroxylation sites is 4. The van der Waals surface area contributed by atoms with E-state index in [0.29, 0.717) is 5.84 Å². The van der Waals surface area contributed by atoms with Gasteiger partial charge in [0.2, 0.25) is 0 Å². The van der Waals surface area contributed by atoms with Gasteiger partial charge in [0.05, 0.1) is 44.5 Å². The van der Waals surface area contributed by atoms with Gasteiger partial charge in [-0.1, -0.05) is 159 Å². The van der Waals surface area contributed by atoms with E-state index in [-0.39, 0.29) is 5.92 Å². The molecule has 10 aromatic carbocycles. The van der Waals surface area contributed by atoms with Gasteiger partial charge in [0.1, 0.15) is 11.2 Å². The number of nitrogens with zero attached hydrogens (tertiary/aromatic N) is 4. The molecule has 5 nitrogen and oxygen atoms in total. The molecule has 0 aliphatic carbocycles. The van der Waals surface area contributed by atoms with E-state index in [1.807, 2.05) is 6.07 Å². The van der Waals surface area contributed by atoms with Crippen molar-refractivity contribution >= 4 is 104 Å². The van der Waals surface area contributed by atoms with Crippen LogP contribution in [0.4, 0.5) is 0 Å². The van der Waals surface area contributed by atoms with E-state index < -0.39 is 0 Å². The van der Waals surface area contributed by atoms with Crippen LogP contribution in [0.25, 0.3) is 104 Å². The van der Waals surface area contributed by atoms with Crippen molar-refractivity contribution in [2.45, 2.75) is 13.3 Å². The number of amidine groups is 1. The summed E-state index contributed by atoms with van der Waals surface area (Å²) in [4.78, 5) is 11.6. The van der Waals surface area contributed by atoms with Gasteiger partial charge in [0, 0.05) is 55.2 Å². The zero-order valence-corrected chi connectivity index (χ0v) is 37.3. The van der Waals surface area contributed by atoms with Crippen molar-refractivity contribution in [2.75, 3.05) is 0 Å². The summed E-state index contributed by atoms with van der Waals surface area (Å²) >= 11 is 0.